The maximum absolute atomic E-state index is 12.2. The Morgan fingerprint density at radius 2 is 2.29 bits per heavy atom. The van der Waals surface area contributed by atoms with Crippen LogP contribution in [0.3, 0.4) is 0 Å². The van der Waals surface area contributed by atoms with Crippen molar-refractivity contribution in [1.82, 2.24) is 14.5 Å². The zero-order valence-corrected chi connectivity index (χ0v) is 12.9. The number of rotatable bonds is 7. The molecule has 0 atom stereocenters. The van der Waals surface area contributed by atoms with Gasteiger partial charge in [0.05, 0.1) is 0 Å². The van der Waals surface area contributed by atoms with E-state index in [-0.39, 0.29) is 16.3 Å². The van der Waals surface area contributed by atoms with Gasteiger partial charge in [0.25, 0.3) is 0 Å². The van der Waals surface area contributed by atoms with Crippen molar-refractivity contribution >= 4 is 27.3 Å². The van der Waals surface area contributed by atoms with Crippen molar-refractivity contribution in [2.75, 3.05) is 6.54 Å². The van der Waals surface area contributed by atoms with Gasteiger partial charge in [-0.1, -0.05) is 0 Å². The normalized spacial score (nSPS) is 11.7. The Balaban J connectivity index is 2.02. The third kappa shape index (κ3) is 3.69. The minimum absolute atomic E-state index is 0.140. The number of carbonyl (C=O) groups is 1. The average Bonchev–Trinajstić information content (AvgIpc) is 3.03. The van der Waals surface area contributed by atoms with Gasteiger partial charge in [0, 0.05) is 25.5 Å². The van der Waals surface area contributed by atoms with Gasteiger partial charge in [-0.05, 0) is 30.4 Å². The van der Waals surface area contributed by atoms with Crippen LogP contribution in [-0.4, -0.2) is 35.8 Å². The molecule has 0 amide bonds. The highest BCUT2D eigenvalue weighted by molar-refractivity contribution is 7.89. The van der Waals surface area contributed by atoms with Crippen molar-refractivity contribution in [3.8, 4) is 0 Å². The van der Waals surface area contributed by atoms with Crippen molar-refractivity contribution in [3.05, 3.63) is 34.3 Å². The molecule has 0 spiro atoms. The molecule has 0 bridgehead atoms. The fraction of sp³-hybridized carbons (Fsp3) is 0.333. The largest absolute Gasteiger partial charge is 0.477 e. The first-order valence-electron chi connectivity index (χ1n) is 6.20. The van der Waals surface area contributed by atoms with Crippen LogP contribution in [0.15, 0.2) is 28.7 Å². The number of hydrogen-bond donors (Lipinski definition) is 2. The molecule has 2 aromatic rings. The molecular weight excluding hydrogens is 314 g/mol. The zero-order chi connectivity index (χ0) is 15.5. The minimum Gasteiger partial charge on any atom is -0.477 e. The second-order valence-corrected chi connectivity index (χ2v) is 6.99. The maximum atomic E-state index is 12.2. The van der Waals surface area contributed by atoms with Gasteiger partial charge in [-0.25, -0.2) is 17.9 Å². The lowest BCUT2D eigenvalue weighted by atomic mass is 10.3. The van der Waals surface area contributed by atoms with Crippen molar-refractivity contribution < 1.29 is 18.3 Å². The number of sulfonamides is 1. The molecule has 0 unspecified atom stereocenters. The molecule has 2 rings (SSSR count). The zero-order valence-electron chi connectivity index (χ0n) is 11.3. The third-order valence-corrected chi connectivity index (χ3v) is 5.66. The summed E-state index contributed by atoms with van der Waals surface area (Å²) in [4.78, 5) is 10.8. The second-order valence-electron chi connectivity index (χ2n) is 4.40. The lowest BCUT2D eigenvalue weighted by molar-refractivity contribution is 0.0698. The van der Waals surface area contributed by atoms with Crippen LogP contribution in [0.25, 0.3) is 0 Å². The van der Waals surface area contributed by atoms with E-state index >= 15 is 0 Å². The van der Waals surface area contributed by atoms with Gasteiger partial charge in [0.2, 0.25) is 10.0 Å². The Labute approximate surface area is 126 Å². The van der Waals surface area contributed by atoms with E-state index in [0.29, 0.717) is 18.5 Å². The standard InChI is InChI=1S/C12H15N3O4S2/c1-9-8-20-10(12(16)17)11(9)21(18,19)14-5-3-7-15-6-2-4-13-15/h2,4,6,8,14H,3,5,7H2,1H3,(H,16,17). The molecule has 2 aromatic heterocycles. The topological polar surface area (TPSA) is 101 Å². The molecule has 0 aliphatic carbocycles. The van der Waals surface area contributed by atoms with Crippen LogP contribution in [0.2, 0.25) is 0 Å². The molecule has 0 fully saturated rings. The highest BCUT2D eigenvalue weighted by atomic mass is 32.2. The average molecular weight is 329 g/mol. The first kappa shape index (κ1) is 15.7. The smallest absolute Gasteiger partial charge is 0.347 e. The molecule has 0 saturated carbocycles. The molecule has 0 aliphatic rings. The van der Waals surface area contributed by atoms with Crippen molar-refractivity contribution in [3.63, 3.8) is 0 Å². The van der Waals surface area contributed by atoms with E-state index in [4.69, 9.17) is 5.11 Å². The van der Waals surface area contributed by atoms with E-state index in [1.54, 1.807) is 30.1 Å². The summed E-state index contributed by atoms with van der Waals surface area (Å²) in [5.41, 5.74) is 0.442. The summed E-state index contributed by atoms with van der Waals surface area (Å²) in [6.07, 6.45) is 4.00. The molecule has 9 heteroatoms. The van der Waals surface area contributed by atoms with Crippen LogP contribution in [0.1, 0.15) is 21.7 Å². The van der Waals surface area contributed by atoms with E-state index in [9.17, 15) is 13.2 Å². The minimum atomic E-state index is -3.81. The molecule has 114 valence electrons. The Hall–Kier alpha value is -1.71. The van der Waals surface area contributed by atoms with Gasteiger partial charge in [-0.15, -0.1) is 11.3 Å². The van der Waals surface area contributed by atoms with Crippen LogP contribution in [0, 0.1) is 6.92 Å². The number of aromatic nitrogens is 2. The number of thiophene rings is 1. The van der Waals surface area contributed by atoms with Gasteiger partial charge >= 0.3 is 5.97 Å². The van der Waals surface area contributed by atoms with Crippen molar-refractivity contribution in [2.24, 2.45) is 0 Å². The predicted molar refractivity (Wildman–Crippen MR) is 78.0 cm³/mol. The van der Waals surface area contributed by atoms with Crippen LogP contribution in [-0.2, 0) is 16.6 Å². The van der Waals surface area contributed by atoms with Crippen molar-refractivity contribution in [1.29, 1.82) is 0 Å². The van der Waals surface area contributed by atoms with Gasteiger partial charge in [-0.3, -0.25) is 4.68 Å². The van der Waals surface area contributed by atoms with E-state index in [1.807, 2.05) is 0 Å². The molecule has 0 aromatic carbocycles. The lowest BCUT2D eigenvalue weighted by Crippen LogP contribution is -2.27. The SMILES string of the molecule is Cc1csc(C(=O)O)c1S(=O)(=O)NCCCn1cccn1. The van der Waals surface area contributed by atoms with Crippen LogP contribution >= 0.6 is 11.3 Å². The summed E-state index contributed by atoms with van der Waals surface area (Å²) < 4.78 is 28.6. The van der Waals surface area contributed by atoms with Gasteiger partial charge in [0.1, 0.15) is 9.77 Å². The molecule has 0 aliphatic heterocycles. The monoisotopic (exact) mass is 329 g/mol. The molecule has 2 heterocycles. The van der Waals surface area contributed by atoms with Crippen LogP contribution in [0.5, 0.6) is 0 Å². The van der Waals surface area contributed by atoms with E-state index in [2.05, 4.69) is 9.82 Å². The number of nitrogens with zero attached hydrogens (tertiary/aromatic N) is 2. The molecule has 0 radical (unpaired) electrons. The maximum Gasteiger partial charge on any atom is 0.347 e. The number of aromatic carboxylic acids is 1. The second kappa shape index (κ2) is 6.37. The Morgan fingerprint density at radius 1 is 1.52 bits per heavy atom. The highest BCUT2D eigenvalue weighted by Gasteiger charge is 2.26. The van der Waals surface area contributed by atoms with Gasteiger partial charge in [-0.2, -0.15) is 5.10 Å². The molecule has 21 heavy (non-hydrogen) atoms. The predicted octanol–water partition coefficient (Wildman–Crippen LogP) is 1.32. The third-order valence-electron chi connectivity index (χ3n) is 2.80. The molecule has 0 saturated heterocycles. The number of hydrogen-bond acceptors (Lipinski definition) is 5. The summed E-state index contributed by atoms with van der Waals surface area (Å²) in [6.45, 7) is 2.39. The number of nitrogens with one attached hydrogen (secondary N) is 1. The van der Waals surface area contributed by atoms with Crippen LogP contribution < -0.4 is 4.72 Å². The molecule has 2 N–H and O–H groups in total. The summed E-state index contributed by atoms with van der Waals surface area (Å²) in [5, 5.41) is 14.6. The van der Waals surface area contributed by atoms with Gasteiger partial charge in [0.15, 0.2) is 0 Å². The number of carboxylic acid groups (broad SMARTS) is 1. The number of aryl methyl sites for hydroxylation is 2. The summed E-state index contributed by atoms with van der Waals surface area (Å²) >= 11 is 0.916. The highest BCUT2D eigenvalue weighted by Crippen LogP contribution is 2.26. The lowest BCUT2D eigenvalue weighted by Gasteiger charge is -2.08. The summed E-state index contributed by atoms with van der Waals surface area (Å²) in [7, 11) is -3.81. The van der Waals surface area contributed by atoms with Crippen LogP contribution in [0.4, 0.5) is 0 Å². The summed E-state index contributed by atoms with van der Waals surface area (Å²) in [6, 6.07) is 1.79. The fourth-order valence-electron chi connectivity index (χ4n) is 1.87. The Kier molecular flexibility index (Phi) is 4.76. The van der Waals surface area contributed by atoms with E-state index in [1.165, 1.54) is 5.38 Å². The van der Waals surface area contributed by atoms with Gasteiger partial charge < -0.3 is 5.11 Å². The fourth-order valence-corrected chi connectivity index (χ4v) is 4.57. The summed E-state index contributed by atoms with van der Waals surface area (Å²) in [5.74, 6) is -1.23. The molecule has 7 nitrogen and oxygen atoms in total. The number of carboxylic acids is 1. The Morgan fingerprint density at radius 3 is 2.90 bits per heavy atom. The quantitative estimate of drug-likeness (QED) is 0.746. The van der Waals surface area contributed by atoms with Crippen molar-refractivity contribution in [2.45, 2.75) is 24.8 Å². The Bertz CT molecular complexity index is 720. The van der Waals surface area contributed by atoms with E-state index < -0.39 is 16.0 Å². The first-order valence-corrected chi connectivity index (χ1v) is 8.56. The first-order chi connectivity index (χ1) is 9.92. The van der Waals surface area contributed by atoms with E-state index in [0.717, 1.165) is 11.3 Å². The molecular formula is C12H15N3O4S2.